The molecule has 0 saturated carbocycles. The van der Waals surface area contributed by atoms with Crippen molar-refractivity contribution < 1.29 is 19.1 Å². The van der Waals surface area contributed by atoms with E-state index in [0.717, 1.165) is 12.0 Å². The van der Waals surface area contributed by atoms with Gasteiger partial charge in [0.15, 0.2) is 11.5 Å². The van der Waals surface area contributed by atoms with Crippen LogP contribution in [0, 0.1) is 0 Å². The Bertz CT molecular complexity index is 838. The second-order valence-corrected chi connectivity index (χ2v) is 6.31. The first kappa shape index (κ1) is 18.1. The summed E-state index contributed by atoms with van der Waals surface area (Å²) in [5.74, 6) is 0.694. The molecule has 0 aliphatic carbocycles. The normalized spacial score (nSPS) is 12.8. The average molecular weight is 375 g/mol. The van der Waals surface area contributed by atoms with Gasteiger partial charge in [0.05, 0.1) is 18.2 Å². The fourth-order valence-corrected chi connectivity index (χ4v) is 2.90. The van der Waals surface area contributed by atoms with Gasteiger partial charge in [-0.3, -0.25) is 9.59 Å². The lowest BCUT2D eigenvalue weighted by Crippen LogP contribution is -2.23. The van der Waals surface area contributed by atoms with Crippen LogP contribution < -0.4 is 20.1 Å². The van der Waals surface area contributed by atoms with E-state index in [0.29, 0.717) is 47.5 Å². The molecule has 2 amide bonds. The van der Waals surface area contributed by atoms with E-state index in [1.54, 1.807) is 30.3 Å². The summed E-state index contributed by atoms with van der Waals surface area (Å²) in [4.78, 5) is 23.5. The molecule has 26 heavy (non-hydrogen) atoms. The highest BCUT2D eigenvalue weighted by Gasteiger charge is 2.16. The maximum absolute atomic E-state index is 12.4. The predicted molar refractivity (Wildman–Crippen MR) is 99.0 cm³/mol. The third kappa shape index (κ3) is 4.46. The van der Waals surface area contributed by atoms with Crippen LogP contribution >= 0.6 is 11.6 Å². The molecule has 6 nitrogen and oxygen atoms in total. The highest BCUT2D eigenvalue weighted by atomic mass is 35.5. The second-order valence-electron chi connectivity index (χ2n) is 5.90. The summed E-state index contributed by atoms with van der Waals surface area (Å²) >= 11 is 6.26. The third-order valence-electron chi connectivity index (χ3n) is 3.76. The van der Waals surface area contributed by atoms with Gasteiger partial charge in [-0.25, -0.2) is 0 Å². The lowest BCUT2D eigenvalue weighted by atomic mass is 10.1. The van der Waals surface area contributed by atoms with Gasteiger partial charge in [-0.1, -0.05) is 17.7 Å². The molecule has 0 spiro atoms. The van der Waals surface area contributed by atoms with Crippen molar-refractivity contribution in [2.75, 3.05) is 18.5 Å². The number of rotatable bonds is 4. The predicted octanol–water partition coefficient (Wildman–Crippen LogP) is 3.39. The topological polar surface area (TPSA) is 76.7 Å². The number of anilines is 1. The fourth-order valence-electron chi connectivity index (χ4n) is 2.61. The Hall–Kier alpha value is -2.73. The zero-order valence-corrected chi connectivity index (χ0v) is 15.1. The van der Waals surface area contributed by atoms with Crippen LogP contribution in [0.5, 0.6) is 11.5 Å². The zero-order valence-electron chi connectivity index (χ0n) is 14.3. The summed E-state index contributed by atoms with van der Waals surface area (Å²) < 4.78 is 11.2. The molecule has 0 radical (unpaired) electrons. The average Bonchev–Trinajstić information content (AvgIpc) is 2.85. The van der Waals surface area contributed by atoms with Crippen LogP contribution in [0.25, 0.3) is 0 Å². The number of ether oxygens (including phenoxy) is 2. The molecule has 2 aromatic carbocycles. The maximum Gasteiger partial charge on any atom is 0.251 e. The molecule has 0 unspecified atom stereocenters. The minimum atomic E-state index is -0.250. The van der Waals surface area contributed by atoms with Crippen LogP contribution in [0.15, 0.2) is 36.4 Å². The molecule has 136 valence electrons. The third-order valence-corrected chi connectivity index (χ3v) is 4.04. The van der Waals surface area contributed by atoms with Crippen molar-refractivity contribution in [1.29, 1.82) is 0 Å². The molecule has 2 aromatic rings. The second kappa shape index (κ2) is 8.10. The van der Waals surface area contributed by atoms with E-state index in [1.165, 1.54) is 6.92 Å². The molecule has 7 heteroatoms. The van der Waals surface area contributed by atoms with E-state index < -0.39 is 0 Å². The minimum Gasteiger partial charge on any atom is -0.489 e. The number of hydrogen-bond donors (Lipinski definition) is 2. The Labute approximate surface area is 156 Å². The molecule has 0 bridgehead atoms. The Morgan fingerprint density at radius 3 is 2.77 bits per heavy atom. The number of benzene rings is 2. The Kier molecular flexibility index (Phi) is 5.63. The Morgan fingerprint density at radius 2 is 1.96 bits per heavy atom. The van der Waals surface area contributed by atoms with Crippen LogP contribution in [0.2, 0.25) is 5.02 Å². The molecule has 0 saturated heterocycles. The SMILES string of the molecule is CC(=O)Nc1cccc(C(=O)NCc2cc(Cl)c3c(c2)OCCCO3)c1. The van der Waals surface area contributed by atoms with Crippen LogP contribution in [0.1, 0.15) is 29.3 Å². The van der Waals surface area contributed by atoms with Crippen molar-refractivity contribution in [2.45, 2.75) is 19.9 Å². The van der Waals surface area contributed by atoms with Gasteiger partial charge in [-0.05, 0) is 35.9 Å². The van der Waals surface area contributed by atoms with E-state index >= 15 is 0 Å². The van der Waals surface area contributed by atoms with E-state index in [1.807, 2.05) is 6.07 Å². The van der Waals surface area contributed by atoms with E-state index in [4.69, 9.17) is 21.1 Å². The van der Waals surface area contributed by atoms with E-state index in [9.17, 15) is 9.59 Å². The molecule has 1 aliphatic heterocycles. The van der Waals surface area contributed by atoms with Gasteiger partial charge in [-0.15, -0.1) is 0 Å². The molecule has 1 heterocycles. The Morgan fingerprint density at radius 1 is 1.15 bits per heavy atom. The molecule has 2 N–H and O–H groups in total. The molecule has 0 fully saturated rings. The summed E-state index contributed by atoms with van der Waals surface area (Å²) in [6, 6.07) is 10.3. The van der Waals surface area contributed by atoms with Gasteiger partial charge in [0.1, 0.15) is 0 Å². The van der Waals surface area contributed by atoms with E-state index in [-0.39, 0.29) is 11.8 Å². The molecule has 0 atom stereocenters. The van der Waals surface area contributed by atoms with Gasteiger partial charge >= 0.3 is 0 Å². The molecular weight excluding hydrogens is 356 g/mol. The van der Waals surface area contributed by atoms with Gasteiger partial charge in [0.25, 0.3) is 5.91 Å². The highest BCUT2D eigenvalue weighted by molar-refractivity contribution is 6.32. The van der Waals surface area contributed by atoms with Gasteiger partial charge in [-0.2, -0.15) is 0 Å². The van der Waals surface area contributed by atoms with Crippen LogP contribution in [0.3, 0.4) is 0 Å². The van der Waals surface area contributed by atoms with Crippen molar-refractivity contribution >= 4 is 29.1 Å². The summed E-state index contributed by atoms with van der Waals surface area (Å²) in [5.41, 5.74) is 1.84. The summed E-state index contributed by atoms with van der Waals surface area (Å²) in [7, 11) is 0. The van der Waals surface area contributed by atoms with Crippen molar-refractivity contribution in [1.82, 2.24) is 5.32 Å². The first-order valence-electron chi connectivity index (χ1n) is 8.27. The van der Waals surface area contributed by atoms with Crippen molar-refractivity contribution in [2.24, 2.45) is 0 Å². The maximum atomic E-state index is 12.4. The molecule has 0 aromatic heterocycles. The quantitative estimate of drug-likeness (QED) is 0.860. The number of fused-ring (bicyclic) bond motifs is 1. The smallest absolute Gasteiger partial charge is 0.251 e. The van der Waals surface area contributed by atoms with Crippen molar-refractivity contribution in [3.63, 3.8) is 0 Å². The number of nitrogens with one attached hydrogen (secondary N) is 2. The fraction of sp³-hybridized carbons (Fsp3) is 0.263. The van der Waals surface area contributed by atoms with Crippen LogP contribution in [-0.4, -0.2) is 25.0 Å². The monoisotopic (exact) mass is 374 g/mol. The van der Waals surface area contributed by atoms with Crippen LogP contribution in [0.4, 0.5) is 5.69 Å². The molecule has 3 rings (SSSR count). The van der Waals surface area contributed by atoms with Crippen molar-refractivity contribution in [3.8, 4) is 11.5 Å². The number of carbonyl (C=O) groups excluding carboxylic acids is 2. The lowest BCUT2D eigenvalue weighted by molar-refractivity contribution is -0.114. The first-order valence-corrected chi connectivity index (χ1v) is 8.64. The zero-order chi connectivity index (χ0) is 18.5. The van der Waals surface area contributed by atoms with Gasteiger partial charge in [0, 0.05) is 31.1 Å². The number of halogens is 1. The number of amides is 2. The van der Waals surface area contributed by atoms with E-state index in [2.05, 4.69) is 10.6 Å². The summed E-state index contributed by atoms with van der Waals surface area (Å²) in [5, 5.41) is 5.95. The molecule has 1 aliphatic rings. The summed E-state index contributed by atoms with van der Waals surface area (Å²) in [6.07, 6.45) is 0.793. The Balaban J connectivity index is 1.69. The van der Waals surface area contributed by atoms with Crippen molar-refractivity contribution in [3.05, 3.63) is 52.5 Å². The lowest BCUT2D eigenvalue weighted by Gasteiger charge is -2.12. The summed E-state index contributed by atoms with van der Waals surface area (Å²) in [6.45, 7) is 2.84. The molecular formula is C19H19ClN2O4. The van der Waals surface area contributed by atoms with Gasteiger partial charge < -0.3 is 20.1 Å². The highest BCUT2D eigenvalue weighted by Crippen LogP contribution is 2.37. The van der Waals surface area contributed by atoms with Crippen LogP contribution in [-0.2, 0) is 11.3 Å². The largest absolute Gasteiger partial charge is 0.489 e. The van der Waals surface area contributed by atoms with Gasteiger partial charge in [0.2, 0.25) is 5.91 Å². The standard InChI is InChI=1S/C19H19ClN2O4/c1-12(23)22-15-5-2-4-14(10-15)19(24)21-11-13-8-16(20)18-17(9-13)25-6-3-7-26-18/h2,4-5,8-10H,3,6-7,11H2,1H3,(H,21,24)(H,22,23). The number of carbonyl (C=O) groups is 2. The minimum absolute atomic E-state index is 0.190. The number of hydrogen-bond acceptors (Lipinski definition) is 4. The first-order chi connectivity index (χ1) is 12.5.